The van der Waals surface area contributed by atoms with Crippen LogP contribution in [0.3, 0.4) is 0 Å². The van der Waals surface area contributed by atoms with Crippen LogP contribution in [0.2, 0.25) is 0 Å². The number of hydrogen-bond donors (Lipinski definition) is 1. The van der Waals surface area contributed by atoms with Gasteiger partial charge in [-0.05, 0) is 31.5 Å². The first-order valence-corrected chi connectivity index (χ1v) is 7.09. The fraction of sp³-hybridized carbons (Fsp3) is 0.533. The van der Waals surface area contributed by atoms with Gasteiger partial charge >= 0.3 is 0 Å². The Labute approximate surface area is 123 Å². The van der Waals surface area contributed by atoms with Crippen LogP contribution in [-0.2, 0) is 16.1 Å². The molecule has 0 unspecified atom stereocenters. The standard InChI is InChI=1S/C15H21FN2O3/c1-3-20-13-5-4-11(8-12(13)16)9-18-6-7-21-10(2)14(18)15(17)19/h4-5,8,10,14H,3,6-7,9H2,1-2H3,(H2,17,19)/t10-,14+/m1/s1. The molecule has 1 aliphatic rings. The van der Waals surface area contributed by atoms with Crippen molar-refractivity contribution in [1.82, 2.24) is 4.90 Å². The highest BCUT2D eigenvalue weighted by Crippen LogP contribution is 2.22. The Balaban J connectivity index is 2.12. The van der Waals surface area contributed by atoms with Crippen molar-refractivity contribution >= 4 is 5.91 Å². The van der Waals surface area contributed by atoms with Crippen LogP contribution in [0.25, 0.3) is 0 Å². The van der Waals surface area contributed by atoms with Gasteiger partial charge in [0.2, 0.25) is 5.91 Å². The van der Waals surface area contributed by atoms with Gasteiger partial charge in [0.1, 0.15) is 6.04 Å². The molecule has 2 N–H and O–H groups in total. The van der Waals surface area contributed by atoms with E-state index in [0.717, 1.165) is 5.56 Å². The third kappa shape index (κ3) is 3.71. The van der Waals surface area contributed by atoms with E-state index >= 15 is 0 Å². The van der Waals surface area contributed by atoms with E-state index in [9.17, 15) is 9.18 Å². The normalized spacial score (nSPS) is 23.0. The molecule has 1 aromatic rings. The highest BCUT2D eigenvalue weighted by atomic mass is 19.1. The van der Waals surface area contributed by atoms with E-state index in [0.29, 0.717) is 26.3 Å². The summed E-state index contributed by atoms with van der Waals surface area (Å²) >= 11 is 0. The van der Waals surface area contributed by atoms with Gasteiger partial charge in [-0.25, -0.2) is 4.39 Å². The summed E-state index contributed by atoms with van der Waals surface area (Å²) in [4.78, 5) is 13.5. The number of amides is 1. The molecule has 0 aromatic heterocycles. The van der Waals surface area contributed by atoms with Crippen molar-refractivity contribution in [2.75, 3.05) is 19.8 Å². The van der Waals surface area contributed by atoms with Crippen molar-refractivity contribution in [3.8, 4) is 5.75 Å². The number of carbonyl (C=O) groups excluding carboxylic acids is 1. The SMILES string of the molecule is CCOc1ccc(CN2CCO[C@H](C)[C@H]2C(N)=O)cc1F. The maximum atomic E-state index is 13.9. The molecule has 0 saturated carbocycles. The second-order valence-corrected chi connectivity index (χ2v) is 5.09. The van der Waals surface area contributed by atoms with Crippen molar-refractivity contribution in [1.29, 1.82) is 0 Å². The summed E-state index contributed by atoms with van der Waals surface area (Å²) in [6.45, 7) is 5.61. The molecule has 1 aliphatic heterocycles. The molecule has 6 heteroatoms. The van der Waals surface area contributed by atoms with Crippen molar-refractivity contribution in [3.63, 3.8) is 0 Å². The van der Waals surface area contributed by atoms with Crippen molar-refractivity contribution in [2.45, 2.75) is 32.5 Å². The second-order valence-electron chi connectivity index (χ2n) is 5.09. The molecule has 1 heterocycles. The molecule has 0 spiro atoms. The lowest BCUT2D eigenvalue weighted by Gasteiger charge is -2.37. The number of rotatable bonds is 5. The van der Waals surface area contributed by atoms with Crippen LogP contribution in [-0.4, -0.2) is 42.7 Å². The van der Waals surface area contributed by atoms with E-state index < -0.39 is 17.8 Å². The molecule has 116 valence electrons. The lowest BCUT2D eigenvalue weighted by molar-refractivity contribution is -0.136. The van der Waals surface area contributed by atoms with Gasteiger partial charge in [0.25, 0.3) is 0 Å². The number of primary amides is 1. The summed E-state index contributed by atoms with van der Waals surface area (Å²) in [6, 6.07) is 4.35. The van der Waals surface area contributed by atoms with E-state index in [1.807, 2.05) is 11.8 Å². The number of hydrogen-bond acceptors (Lipinski definition) is 4. The fourth-order valence-electron chi connectivity index (χ4n) is 2.62. The summed E-state index contributed by atoms with van der Waals surface area (Å²) in [5.41, 5.74) is 6.21. The summed E-state index contributed by atoms with van der Waals surface area (Å²) in [6.07, 6.45) is -0.260. The zero-order chi connectivity index (χ0) is 15.4. The number of morpholine rings is 1. The Morgan fingerprint density at radius 2 is 2.33 bits per heavy atom. The Hall–Kier alpha value is -1.66. The molecule has 0 aliphatic carbocycles. The number of nitrogens with zero attached hydrogens (tertiary/aromatic N) is 1. The molecule has 1 fully saturated rings. The topological polar surface area (TPSA) is 64.8 Å². The molecular weight excluding hydrogens is 275 g/mol. The van der Waals surface area contributed by atoms with Gasteiger partial charge in [-0.2, -0.15) is 0 Å². The Morgan fingerprint density at radius 1 is 1.57 bits per heavy atom. The lowest BCUT2D eigenvalue weighted by Crippen LogP contribution is -2.56. The van der Waals surface area contributed by atoms with Crippen molar-refractivity contribution < 1.29 is 18.7 Å². The number of nitrogens with two attached hydrogens (primary N) is 1. The smallest absolute Gasteiger partial charge is 0.237 e. The highest BCUT2D eigenvalue weighted by molar-refractivity contribution is 5.80. The van der Waals surface area contributed by atoms with Crippen LogP contribution >= 0.6 is 0 Å². The average molecular weight is 296 g/mol. The van der Waals surface area contributed by atoms with Crippen LogP contribution in [0.5, 0.6) is 5.75 Å². The first-order valence-electron chi connectivity index (χ1n) is 7.09. The maximum absolute atomic E-state index is 13.9. The molecule has 1 amide bonds. The van der Waals surface area contributed by atoms with Crippen LogP contribution in [0, 0.1) is 5.82 Å². The van der Waals surface area contributed by atoms with Gasteiger partial charge in [-0.3, -0.25) is 9.69 Å². The molecule has 0 bridgehead atoms. The maximum Gasteiger partial charge on any atom is 0.237 e. The lowest BCUT2D eigenvalue weighted by atomic mass is 10.1. The zero-order valence-corrected chi connectivity index (χ0v) is 12.3. The molecule has 2 atom stereocenters. The Morgan fingerprint density at radius 3 is 2.95 bits per heavy atom. The van der Waals surface area contributed by atoms with E-state index in [4.69, 9.17) is 15.2 Å². The van der Waals surface area contributed by atoms with E-state index in [1.54, 1.807) is 19.1 Å². The van der Waals surface area contributed by atoms with Gasteiger partial charge in [-0.1, -0.05) is 6.07 Å². The average Bonchev–Trinajstić information content (AvgIpc) is 2.41. The number of ether oxygens (including phenoxy) is 2. The largest absolute Gasteiger partial charge is 0.491 e. The minimum absolute atomic E-state index is 0.239. The summed E-state index contributed by atoms with van der Waals surface area (Å²) < 4.78 is 24.5. The third-order valence-corrected chi connectivity index (χ3v) is 3.57. The monoisotopic (exact) mass is 296 g/mol. The quantitative estimate of drug-likeness (QED) is 0.889. The number of carbonyl (C=O) groups is 1. The third-order valence-electron chi connectivity index (χ3n) is 3.57. The Bertz CT molecular complexity index is 510. The number of halogens is 1. The zero-order valence-electron chi connectivity index (χ0n) is 12.3. The summed E-state index contributed by atoms with van der Waals surface area (Å²) in [7, 11) is 0. The summed E-state index contributed by atoms with van der Waals surface area (Å²) in [5, 5.41) is 0. The van der Waals surface area contributed by atoms with Gasteiger partial charge in [0, 0.05) is 13.1 Å². The van der Waals surface area contributed by atoms with Crippen LogP contribution in [0.4, 0.5) is 4.39 Å². The van der Waals surface area contributed by atoms with Crippen LogP contribution in [0.15, 0.2) is 18.2 Å². The Kier molecular flexibility index (Phi) is 5.14. The summed E-state index contributed by atoms with van der Waals surface area (Å²) in [5.74, 6) is -0.581. The molecule has 2 rings (SSSR count). The molecule has 5 nitrogen and oxygen atoms in total. The predicted octanol–water partition coefficient (Wildman–Crippen LogP) is 1.30. The van der Waals surface area contributed by atoms with Gasteiger partial charge in [-0.15, -0.1) is 0 Å². The van der Waals surface area contributed by atoms with Crippen LogP contribution < -0.4 is 10.5 Å². The molecule has 1 aromatic carbocycles. The van der Waals surface area contributed by atoms with Crippen molar-refractivity contribution in [3.05, 3.63) is 29.6 Å². The minimum atomic E-state index is -0.492. The van der Waals surface area contributed by atoms with Gasteiger partial charge in [0.05, 0.1) is 19.3 Å². The molecule has 0 radical (unpaired) electrons. The van der Waals surface area contributed by atoms with E-state index in [-0.39, 0.29) is 11.9 Å². The highest BCUT2D eigenvalue weighted by Gasteiger charge is 2.33. The first kappa shape index (κ1) is 15.7. The molecule has 21 heavy (non-hydrogen) atoms. The van der Waals surface area contributed by atoms with E-state index in [1.165, 1.54) is 6.07 Å². The second kappa shape index (κ2) is 6.87. The molecule has 1 saturated heterocycles. The van der Waals surface area contributed by atoms with E-state index in [2.05, 4.69) is 0 Å². The van der Waals surface area contributed by atoms with Gasteiger partial charge < -0.3 is 15.2 Å². The first-order chi connectivity index (χ1) is 10.0. The number of benzene rings is 1. The van der Waals surface area contributed by atoms with Crippen molar-refractivity contribution in [2.24, 2.45) is 5.73 Å². The fourth-order valence-corrected chi connectivity index (χ4v) is 2.62. The molecular formula is C15H21FN2O3. The predicted molar refractivity (Wildman–Crippen MR) is 76.4 cm³/mol. The van der Waals surface area contributed by atoms with Gasteiger partial charge in [0.15, 0.2) is 11.6 Å². The van der Waals surface area contributed by atoms with Crippen LogP contribution in [0.1, 0.15) is 19.4 Å². The minimum Gasteiger partial charge on any atom is -0.491 e.